The normalized spacial score (nSPS) is 10.1. The molecule has 72 valence electrons. The smallest absolute Gasteiger partial charge is 0.145 e. The van der Waals surface area contributed by atoms with Crippen LogP contribution in [0.15, 0.2) is 12.1 Å². The number of benzene rings is 1. The Kier molecular flexibility index (Phi) is 3.12. The molecule has 0 heterocycles. The lowest BCUT2D eigenvalue weighted by Crippen LogP contribution is -2.01. The van der Waals surface area contributed by atoms with Gasteiger partial charge >= 0.3 is 0 Å². The van der Waals surface area contributed by atoms with E-state index in [2.05, 4.69) is 0 Å². The molecule has 1 rings (SSSR count). The van der Waals surface area contributed by atoms with Crippen LogP contribution in [0.2, 0.25) is 0 Å². The molecule has 3 heteroatoms. The van der Waals surface area contributed by atoms with Crippen LogP contribution in [-0.4, -0.2) is 6.61 Å². The largest absolute Gasteiger partial charge is 0.491 e. The van der Waals surface area contributed by atoms with Crippen LogP contribution in [0.5, 0.6) is 5.75 Å². The van der Waals surface area contributed by atoms with Crippen LogP contribution in [0.3, 0.4) is 0 Å². The molecule has 2 nitrogen and oxygen atoms in total. The second kappa shape index (κ2) is 4.12. The molecule has 1 aromatic rings. The molecule has 0 unspecified atom stereocenters. The van der Waals surface area contributed by atoms with Gasteiger partial charge in [-0.2, -0.15) is 0 Å². The summed E-state index contributed by atoms with van der Waals surface area (Å²) >= 11 is 0. The maximum Gasteiger partial charge on any atom is 0.145 e. The summed E-state index contributed by atoms with van der Waals surface area (Å²) in [4.78, 5) is 0. The van der Waals surface area contributed by atoms with Gasteiger partial charge in [-0.25, -0.2) is 4.39 Å². The van der Waals surface area contributed by atoms with Crippen LogP contribution in [0.4, 0.5) is 10.1 Å². The fourth-order valence-corrected chi connectivity index (χ4v) is 1.16. The first-order valence-electron chi connectivity index (χ1n) is 4.33. The minimum atomic E-state index is -0.321. The van der Waals surface area contributed by atoms with Gasteiger partial charge in [0.1, 0.15) is 11.6 Å². The molecule has 0 saturated carbocycles. The lowest BCUT2D eigenvalue weighted by Gasteiger charge is -2.10. The molecule has 0 aliphatic rings. The number of halogens is 1. The Morgan fingerprint density at radius 3 is 2.69 bits per heavy atom. The highest BCUT2D eigenvalue weighted by Gasteiger charge is 2.06. The number of nitrogens with two attached hydrogens (primary N) is 1. The summed E-state index contributed by atoms with van der Waals surface area (Å²) in [6.07, 6.45) is 0.913. The van der Waals surface area contributed by atoms with Gasteiger partial charge in [0, 0.05) is 6.07 Å². The Morgan fingerprint density at radius 1 is 1.46 bits per heavy atom. The van der Waals surface area contributed by atoms with Crippen molar-refractivity contribution in [2.45, 2.75) is 20.3 Å². The van der Waals surface area contributed by atoms with E-state index in [9.17, 15) is 4.39 Å². The molecule has 13 heavy (non-hydrogen) atoms. The Bertz CT molecular complexity index is 276. The van der Waals surface area contributed by atoms with Crippen molar-refractivity contribution in [2.24, 2.45) is 0 Å². The van der Waals surface area contributed by atoms with E-state index in [1.54, 1.807) is 6.92 Å². The minimum Gasteiger partial charge on any atom is -0.491 e. The summed E-state index contributed by atoms with van der Waals surface area (Å²) in [5, 5.41) is 0. The van der Waals surface area contributed by atoms with Gasteiger partial charge in [0.15, 0.2) is 0 Å². The van der Waals surface area contributed by atoms with E-state index in [0.717, 1.165) is 12.0 Å². The third-order valence-electron chi connectivity index (χ3n) is 1.72. The standard InChI is InChI=1S/C10H14FNO/c1-3-4-13-10-7(2)5-8(11)6-9(10)12/h5-6H,3-4,12H2,1-2H3. The van der Waals surface area contributed by atoms with Gasteiger partial charge in [-0.15, -0.1) is 0 Å². The van der Waals surface area contributed by atoms with Gasteiger partial charge in [-0.3, -0.25) is 0 Å². The molecule has 0 spiro atoms. The van der Waals surface area contributed by atoms with E-state index >= 15 is 0 Å². The van der Waals surface area contributed by atoms with Gasteiger partial charge in [-0.1, -0.05) is 6.92 Å². The van der Waals surface area contributed by atoms with Crippen LogP contribution in [-0.2, 0) is 0 Å². The van der Waals surface area contributed by atoms with E-state index in [1.165, 1.54) is 12.1 Å². The predicted molar refractivity (Wildman–Crippen MR) is 51.3 cm³/mol. The molecule has 0 aliphatic heterocycles. The Hall–Kier alpha value is -1.25. The molecule has 0 aliphatic carbocycles. The first kappa shape index (κ1) is 9.84. The highest BCUT2D eigenvalue weighted by molar-refractivity contribution is 5.56. The van der Waals surface area contributed by atoms with Crippen molar-refractivity contribution in [3.8, 4) is 5.75 Å². The van der Waals surface area contributed by atoms with E-state index < -0.39 is 0 Å². The summed E-state index contributed by atoms with van der Waals surface area (Å²) in [5.74, 6) is 0.280. The Balaban J connectivity index is 2.92. The number of ether oxygens (including phenoxy) is 1. The molecule has 2 N–H and O–H groups in total. The van der Waals surface area contributed by atoms with Crippen molar-refractivity contribution in [1.29, 1.82) is 0 Å². The van der Waals surface area contributed by atoms with Crippen LogP contribution >= 0.6 is 0 Å². The van der Waals surface area contributed by atoms with E-state index in [1.807, 2.05) is 6.92 Å². The van der Waals surface area contributed by atoms with Crippen molar-refractivity contribution >= 4 is 5.69 Å². The molecule has 0 fully saturated rings. The number of nitrogen functional groups attached to an aromatic ring is 1. The average Bonchev–Trinajstić information content (AvgIpc) is 2.02. The number of hydrogen-bond acceptors (Lipinski definition) is 2. The van der Waals surface area contributed by atoms with Gasteiger partial charge in [-0.05, 0) is 25.0 Å². The third kappa shape index (κ3) is 2.34. The molecule has 0 atom stereocenters. The lowest BCUT2D eigenvalue weighted by molar-refractivity contribution is 0.316. The maximum atomic E-state index is 12.8. The van der Waals surface area contributed by atoms with Gasteiger partial charge in [0.2, 0.25) is 0 Å². The van der Waals surface area contributed by atoms with Crippen molar-refractivity contribution in [3.05, 3.63) is 23.5 Å². The number of hydrogen-bond donors (Lipinski definition) is 1. The third-order valence-corrected chi connectivity index (χ3v) is 1.72. The zero-order valence-corrected chi connectivity index (χ0v) is 7.93. The van der Waals surface area contributed by atoms with Gasteiger partial charge in [0.25, 0.3) is 0 Å². The summed E-state index contributed by atoms with van der Waals surface area (Å²) in [7, 11) is 0. The SMILES string of the molecule is CCCOc1c(C)cc(F)cc1N. The molecule has 1 aromatic carbocycles. The van der Waals surface area contributed by atoms with Crippen molar-refractivity contribution in [1.82, 2.24) is 0 Å². The fraction of sp³-hybridized carbons (Fsp3) is 0.400. The quantitative estimate of drug-likeness (QED) is 0.731. The van der Waals surface area contributed by atoms with Crippen molar-refractivity contribution in [2.75, 3.05) is 12.3 Å². The molecular formula is C10H14FNO. The van der Waals surface area contributed by atoms with Crippen LogP contribution in [0, 0.1) is 12.7 Å². The van der Waals surface area contributed by atoms with E-state index in [-0.39, 0.29) is 5.82 Å². The molecular weight excluding hydrogens is 169 g/mol. The maximum absolute atomic E-state index is 12.8. The molecule has 0 radical (unpaired) electrons. The average molecular weight is 183 g/mol. The predicted octanol–water partition coefficient (Wildman–Crippen LogP) is 2.51. The molecule has 0 amide bonds. The monoisotopic (exact) mass is 183 g/mol. The molecule has 0 bridgehead atoms. The first-order chi connectivity index (χ1) is 6.15. The topological polar surface area (TPSA) is 35.2 Å². The summed E-state index contributed by atoms with van der Waals surface area (Å²) < 4.78 is 18.2. The Morgan fingerprint density at radius 2 is 2.15 bits per heavy atom. The van der Waals surface area contributed by atoms with Gasteiger partial charge < -0.3 is 10.5 Å². The van der Waals surface area contributed by atoms with E-state index in [0.29, 0.717) is 18.0 Å². The first-order valence-corrected chi connectivity index (χ1v) is 4.33. The number of aryl methyl sites for hydroxylation is 1. The van der Waals surface area contributed by atoms with Crippen LogP contribution < -0.4 is 10.5 Å². The van der Waals surface area contributed by atoms with Crippen LogP contribution in [0.25, 0.3) is 0 Å². The lowest BCUT2D eigenvalue weighted by atomic mass is 10.2. The minimum absolute atomic E-state index is 0.321. The molecule has 0 saturated heterocycles. The zero-order chi connectivity index (χ0) is 9.84. The summed E-state index contributed by atoms with van der Waals surface area (Å²) in [6.45, 7) is 4.40. The van der Waals surface area contributed by atoms with Crippen molar-refractivity contribution in [3.63, 3.8) is 0 Å². The number of rotatable bonds is 3. The number of anilines is 1. The summed E-state index contributed by atoms with van der Waals surface area (Å²) in [5.41, 5.74) is 6.71. The van der Waals surface area contributed by atoms with Gasteiger partial charge in [0.05, 0.1) is 12.3 Å². The second-order valence-electron chi connectivity index (χ2n) is 2.99. The highest BCUT2D eigenvalue weighted by atomic mass is 19.1. The zero-order valence-electron chi connectivity index (χ0n) is 7.93. The Labute approximate surface area is 77.5 Å². The van der Waals surface area contributed by atoms with Crippen LogP contribution in [0.1, 0.15) is 18.9 Å². The fourth-order valence-electron chi connectivity index (χ4n) is 1.16. The molecule has 0 aromatic heterocycles. The summed E-state index contributed by atoms with van der Waals surface area (Å²) in [6, 6.07) is 2.69. The van der Waals surface area contributed by atoms with E-state index in [4.69, 9.17) is 10.5 Å². The highest BCUT2D eigenvalue weighted by Crippen LogP contribution is 2.27. The second-order valence-corrected chi connectivity index (χ2v) is 2.99. The van der Waals surface area contributed by atoms with Crippen molar-refractivity contribution < 1.29 is 9.13 Å².